The van der Waals surface area contributed by atoms with E-state index >= 15 is 0 Å². The largest absolute Gasteiger partial charge is 0.393 e. The van der Waals surface area contributed by atoms with Gasteiger partial charge in [0.1, 0.15) is 5.78 Å². The third kappa shape index (κ3) is 8.25. The SMILES string of the molecule is CCCCCCC(=O)CCC(O)CCCC1CCCC1OO. The second-order valence-electron chi connectivity index (χ2n) is 6.81. The molecular weight excluding hydrogens is 280 g/mol. The molecule has 22 heavy (non-hydrogen) atoms. The minimum Gasteiger partial charge on any atom is -0.393 e. The summed E-state index contributed by atoms with van der Waals surface area (Å²) < 4.78 is 0. The fourth-order valence-electron chi connectivity index (χ4n) is 3.43. The highest BCUT2D eigenvalue weighted by Gasteiger charge is 2.27. The van der Waals surface area contributed by atoms with Crippen LogP contribution in [0.15, 0.2) is 0 Å². The van der Waals surface area contributed by atoms with Crippen LogP contribution in [-0.2, 0) is 9.68 Å². The van der Waals surface area contributed by atoms with Crippen LogP contribution in [0.1, 0.15) is 90.4 Å². The van der Waals surface area contributed by atoms with Crippen molar-refractivity contribution in [3.8, 4) is 0 Å². The quantitative estimate of drug-likeness (QED) is 0.298. The summed E-state index contributed by atoms with van der Waals surface area (Å²) in [6.45, 7) is 2.17. The van der Waals surface area contributed by atoms with E-state index in [4.69, 9.17) is 5.26 Å². The summed E-state index contributed by atoms with van der Waals surface area (Å²) >= 11 is 0. The summed E-state index contributed by atoms with van der Waals surface area (Å²) in [6.07, 6.45) is 11.8. The number of carbonyl (C=O) groups excluding carboxylic acids is 1. The Kier molecular flexibility index (Phi) is 10.7. The van der Waals surface area contributed by atoms with Crippen molar-refractivity contribution in [3.05, 3.63) is 0 Å². The molecule has 4 nitrogen and oxygen atoms in total. The average Bonchev–Trinajstić information content (AvgIpc) is 2.97. The van der Waals surface area contributed by atoms with Crippen molar-refractivity contribution in [2.24, 2.45) is 5.92 Å². The molecule has 0 aromatic carbocycles. The van der Waals surface area contributed by atoms with Crippen LogP contribution in [-0.4, -0.2) is 28.4 Å². The third-order valence-electron chi connectivity index (χ3n) is 4.90. The van der Waals surface area contributed by atoms with Crippen LogP contribution in [0.5, 0.6) is 0 Å². The third-order valence-corrected chi connectivity index (χ3v) is 4.90. The van der Waals surface area contributed by atoms with Gasteiger partial charge in [0, 0.05) is 12.8 Å². The molecule has 1 rings (SSSR count). The molecular formula is C18H34O4. The molecule has 0 aromatic heterocycles. The fourth-order valence-corrected chi connectivity index (χ4v) is 3.43. The number of carbonyl (C=O) groups is 1. The molecule has 1 aliphatic carbocycles. The van der Waals surface area contributed by atoms with Crippen LogP contribution in [0, 0.1) is 5.92 Å². The molecule has 0 aliphatic heterocycles. The van der Waals surface area contributed by atoms with E-state index in [2.05, 4.69) is 11.8 Å². The molecule has 0 amide bonds. The number of hydrogen-bond donors (Lipinski definition) is 2. The fraction of sp³-hybridized carbons (Fsp3) is 0.944. The maximum absolute atomic E-state index is 11.7. The molecule has 3 atom stereocenters. The molecule has 1 fully saturated rings. The van der Waals surface area contributed by atoms with Crippen molar-refractivity contribution in [2.45, 2.75) is 103 Å². The highest BCUT2D eigenvalue weighted by Crippen LogP contribution is 2.31. The molecule has 1 aliphatic rings. The zero-order valence-corrected chi connectivity index (χ0v) is 14.1. The van der Waals surface area contributed by atoms with Crippen LogP contribution in [0.25, 0.3) is 0 Å². The lowest BCUT2D eigenvalue weighted by atomic mass is 9.96. The van der Waals surface area contributed by atoms with Gasteiger partial charge in [-0.2, -0.15) is 0 Å². The summed E-state index contributed by atoms with van der Waals surface area (Å²) in [4.78, 5) is 16.2. The van der Waals surface area contributed by atoms with Crippen molar-refractivity contribution in [1.29, 1.82) is 0 Å². The first kappa shape index (κ1) is 19.6. The van der Waals surface area contributed by atoms with Gasteiger partial charge in [-0.3, -0.25) is 10.1 Å². The molecule has 4 heteroatoms. The van der Waals surface area contributed by atoms with Gasteiger partial charge < -0.3 is 5.11 Å². The Labute approximate surface area is 135 Å². The van der Waals surface area contributed by atoms with Crippen molar-refractivity contribution in [1.82, 2.24) is 0 Å². The van der Waals surface area contributed by atoms with Crippen LogP contribution in [0.2, 0.25) is 0 Å². The minimum absolute atomic E-state index is 0.0122. The van der Waals surface area contributed by atoms with Crippen molar-refractivity contribution in [2.75, 3.05) is 0 Å². The van der Waals surface area contributed by atoms with E-state index in [1.54, 1.807) is 0 Å². The zero-order valence-electron chi connectivity index (χ0n) is 14.1. The Bertz CT molecular complexity index is 293. The lowest BCUT2D eigenvalue weighted by molar-refractivity contribution is -0.286. The van der Waals surface area contributed by atoms with Gasteiger partial charge in [-0.25, -0.2) is 4.89 Å². The lowest BCUT2D eigenvalue weighted by Crippen LogP contribution is -2.17. The highest BCUT2D eigenvalue weighted by molar-refractivity contribution is 5.78. The van der Waals surface area contributed by atoms with E-state index < -0.39 is 0 Å². The van der Waals surface area contributed by atoms with Gasteiger partial charge in [0.15, 0.2) is 0 Å². The first-order chi connectivity index (χ1) is 10.7. The molecule has 130 valence electrons. The number of aliphatic hydroxyl groups is 1. The smallest absolute Gasteiger partial charge is 0.133 e. The topological polar surface area (TPSA) is 66.8 Å². The molecule has 1 saturated carbocycles. The predicted octanol–water partition coefficient (Wildman–Crippen LogP) is 4.50. The Balaban J connectivity index is 2.01. The summed E-state index contributed by atoms with van der Waals surface area (Å²) in [5.74, 6) is 0.720. The Morgan fingerprint density at radius 1 is 1.14 bits per heavy atom. The summed E-state index contributed by atoms with van der Waals surface area (Å²) in [5.41, 5.74) is 0. The molecule has 0 aromatic rings. The minimum atomic E-state index is -0.366. The molecule has 0 heterocycles. The van der Waals surface area contributed by atoms with Gasteiger partial charge in [-0.05, 0) is 44.4 Å². The standard InChI is InChI=1S/C18H34O4/c1-2-3-4-5-10-16(19)13-14-17(20)11-6-8-15-9-7-12-18(15)22-21/h15,17-18,20-21H,2-14H2,1H3. The molecule has 0 saturated heterocycles. The van der Waals surface area contributed by atoms with E-state index in [0.29, 0.717) is 31.0 Å². The first-order valence-corrected chi connectivity index (χ1v) is 9.17. The van der Waals surface area contributed by atoms with E-state index in [1.165, 1.54) is 12.8 Å². The highest BCUT2D eigenvalue weighted by atomic mass is 17.1. The average molecular weight is 314 g/mol. The molecule has 0 spiro atoms. The molecule has 0 radical (unpaired) electrons. The van der Waals surface area contributed by atoms with Crippen molar-refractivity contribution >= 4 is 5.78 Å². The van der Waals surface area contributed by atoms with Crippen LogP contribution < -0.4 is 0 Å². The second kappa shape index (κ2) is 12.0. The van der Waals surface area contributed by atoms with Gasteiger partial charge in [0.2, 0.25) is 0 Å². The molecule has 3 unspecified atom stereocenters. The number of hydrogen-bond acceptors (Lipinski definition) is 4. The number of Topliss-reactive ketones (excluding diaryl/α,β-unsaturated/α-hetero) is 1. The number of rotatable bonds is 13. The normalized spacial score (nSPS) is 22.9. The maximum Gasteiger partial charge on any atom is 0.133 e. The summed E-state index contributed by atoms with van der Waals surface area (Å²) in [6, 6.07) is 0. The molecule has 2 N–H and O–H groups in total. The predicted molar refractivity (Wildman–Crippen MR) is 87.7 cm³/mol. The van der Waals surface area contributed by atoms with Gasteiger partial charge in [-0.15, -0.1) is 0 Å². The maximum atomic E-state index is 11.7. The van der Waals surface area contributed by atoms with Gasteiger partial charge in [0.25, 0.3) is 0 Å². The van der Waals surface area contributed by atoms with Gasteiger partial charge in [-0.1, -0.05) is 39.0 Å². The van der Waals surface area contributed by atoms with E-state index in [0.717, 1.165) is 51.4 Å². The Hall–Kier alpha value is -0.450. The monoisotopic (exact) mass is 314 g/mol. The Morgan fingerprint density at radius 3 is 2.68 bits per heavy atom. The second-order valence-corrected chi connectivity index (χ2v) is 6.81. The Morgan fingerprint density at radius 2 is 1.95 bits per heavy atom. The molecule has 0 bridgehead atoms. The number of unbranched alkanes of at least 4 members (excludes halogenated alkanes) is 3. The van der Waals surface area contributed by atoms with E-state index in [1.807, 2.05) is 0 Å². The van der Waals surface area contributed by atoms with Crippen LogP contribution in [0.3, 0.4) is 0 Å². The van der Waals surface area contributed by atoms with Crippen LogP contribution in [0.4, 0.5) is 0 Å². The number of aliphatic hydroxyl groups excluding tert-OH is 1. The first-order valence-electron chi connectivity index (χ1n) is 9.17. The van der Waals surface area contributed by atoms with Crippen molar-refractivity contribution < 1.29 is 20.0 Å². The van der Waals surface area contributed by atoms with Gasteiger partial charge in [0.05, 0.1) is 12.2 Å². The summed E-state index contributed by atoms with van der Waals surface area (Å²) in [5, 5.41) is 18.8. The van der Waals surface area contributed by atoms with Gasteiger partial charge >= 0.3 is 0 Å². The van der Waals surface area contributed by atoms with E-state index in [9.17, 15) is 9.90 Å². The number of ketones is 1. The summed E-state index contributed by atoms with van der Waals surface area (Å²) in [7, 11) is 0. The van der Waals surface area contributed by atoms with Crippen LogP contribution >= 0.6 is 0 Å². The lowest BCUT2D eigenvalue weighted by Gasteiger charge is -2.17. The van der Waals surface area contributed by atoms with Crippen molar-refractivity contribution in [3.63, 3.8) is 0 Å². The zero-order chi connectivity index (χ0) is 16.2. The van der Waals surface area contributed by atoms with E-state index in [-0.39, 0.29) is 12.2 Å².